The maximum atomic E-state index is 12.5. The second-order valence-electron chi connectivity index (χ2n) is 5.43. The molecule has 1 aliphatic rings. The van der Waals surface area contributed by atoms with Crippen molar-refractivity contribution in [2.75, 3.05) is 20.2 Å². The van der Waals surface area contributed by atoms with Crippen molar-refractivity contribution < 1.29 is 9.53 Å². The fourth-order valence-electron chi connectivity index (χ4n) is 2.44. The van der Waals surface area contributed by atoms with Crippen molar-refractivity contribution in [2.45, 2.75) is 32.2 Å². The Morgan fingerprint density at radius 3 is 2.85 bits per heavy atom. The minimum absolute atomic E-state index is 0.0225. The number of benzene rings is 1. The summed E-state index contributed by atoms with van der Waals surface area (Å²) in [6.07, 6.45) is 3.31. The van der Waals surface area contributed by atoms with Crippen molar-refractivity contribution in [1.29, 1.82) is 0 Å². The highest BCUT2D eigenvalue weighted by molar-refractivity contribution is 5.94. The van der Waals surface area contributed by atoms with Crippen LogP contribution in [0.4, 0.5) is 0 Å². The van der Waals surface area contributed by atoms with Gasteiger partial charge in [-0.1, -0.05) is 13.0 Å². The SMILES string of the molecule is CCCOc1cccc(C(=O)N(C)C(CN)C2CC2)c1. The Balaban J connectivity index is 2.07. The third kappa shape index (κ3) is 3.51. The number of ether oxygens (including phenoxy) is 1. The quantitative estimate of drug-likeness (QED) is 0.831. The van der Waals surface area contributed by atoms with E-state index in [0.29, 0.717) is 24.6 Å². The predicted molar refractivity (Wildman–Crippen MR) is 79.9 cm³/mol. The van der Waals surface area contributed by atoms with Gasteiger partial charge in [-0.3, -0.25) is 4.79 Å². The maximum Gasteiger partial charge on any atom is 0.254 e. The Labute approximate surface area is 120 Å². The number of rotatable bonds is 7. The van der Waals surface area contributed by atoms with Gasteiger partial charge in [-0.15, -0.1) is 0 Å². The molecular weight excluding hydrogens is 252 g/mol. The van der Waals surface area contributed by atoms with E-state index in [1.165, 1.54) is 12.8 Å². The molecule has 1 atom stereocenters. The third-order valence-electron chi connectivity index (χ3n) is 3.78. The summed E-state index contributed by atoms with van der Waals surface area (Å²) in [5.41, 5.74) is 6.47. The zero-order valence-electron chi connectivity index (χ0n) is 12.3. The van der Waals surface area contributed by atoms with Gasteiger partial charge in [0.2, 0.25) is 0 Å². The number of nitrogens with two attached hydrogens (primary N) is 1. The Morgan fingerprint density at radius 2 is 2.25 bits per heavy atom. The monoisotopic (exact) mass is 276 g/mol. The van der Waals surface area contributed by atoms with Gasteiger partial charge >= 0.3 is 0 Å². The van der Waals surface area contributed by atoms with Crippen molar-refractivity contribution >= 4 is 5.91 Å². The predicted octanol–water partition coefficient (Wildman–Crippen LogP) is 2.28. The zero-order chi connectivity index (χ0) is 14.5. The summed E-state index contributed by atoms with van der Waals surface area (Å²) in [4.78, 5) is 14.3. The molecule has 1 aromatic rings. The largest absolute Gasteiger partial charge is 0.494 e. The first-order valence-electron chi connectivity index (χ1n) is 7.37. The van der Waals surface area contributed by atoms with Crippen LogP contribution in [-0.2, 0) is 0 Å². The number of nitrogens with zero attached hydrogens (tertiary/aromatic N) is 1. The highest BCUT2D eigenvalue weighted by Crippen LogP contribution is 2.35. The van der Waals surface area contributed by atoms with Crippen LogP contribution < -0.4 is 10.5 Å². The van der Waals surface area contributed by atoms with Crippen LogP contribution in [0.5, 0.6) is 5.75 Å². The second kappa shape index (κ2) is 6.75. The van der Waals surface area contributed by atoms with E-state index in [1.807, 2.05) is 31.3 Å². The Kier molecular flexibility index (Phi) is 5.01. The minimum atomic E-state index is 0.0225. The van der Waals surface area contributed by atoms with E-state index in [0.717, 1.165) is 12.2 Å². The van der Waals surface area contributed by atoms with Gasteiger partial charge in [0.25, 0.3) is 5.91 Å². The molecule has 1 aromatic carbocycles. The van der Waals surface area contributed by atoms with Crippen molar-refractivity contribution in [3.63, 3.8) is 0 Å². The molecule has 1 unspecified atom stereocenters. The summed E-state index contributed by atoms with van der Waals surface area (Å²) in [5, 5.41) is 0. The van der Waals surface area contributed by atoms with Crippen LogP contribution in [0.25, 0.3) is 0 Å². The summed E-state index contributed by atoms with van der Waals surface area (Å²) >= 11 is 0. The van der Waals surface area contributed by atoms with Crippen LogP contribution in [-0.4, -0.2) is 37.0 Å². The molecule has 0 spiro atoms. The molecule has 110 valence electrons. The van der Waals surface area contributed by atoms with Gasteiger partial charge in [0.05, 0.1) is 6.61 Å². The van der Waals surface area contributed by atoms with Gasteiger partial charge in [0, 0.05) is 25.2 Å². The van der Waals surface area contributed by atoms with E-state index in [1.54, 1.807) is 4.90 Å². The lowest BCUT2D eigenvalue weighted by molar-refractivity contribution is 0.0718. The molecule has 0 radical (unpaired) electrons. The fourth-order valence-corrected chi connectivity index (χ4v) is 2.44. The van der Waals surface area contributed by atoms with Crippen molar-refractivity contribution in [3.05, 3.63) is 29.8 Å². The average Bonchev–Trinajstić information content (AvgIpc) is 3.30. The highest BCUT2D eigenvalue weighted by atomic mass is 16.5. The number of hydrogen-bond acceptors (Lipinski definition) is 3. The molecule has 1 saturated carbocycles. The number of carbonyl (C=O) groups excluding carboxylic acids is 1. The van der Waals surface area contributed by atoms with Gasteiger partial charge in [0.1, 0.15) is 5.75 Å². The lowest BCUT2D eigenvalue weighted by Crippen LogP contribution is -2.43. The van der Waals surface area contributed by atoms with E-state index >= 15 is 0 Å². The smallest absolute Gasteiger partial charge is 0.254 e. The molecule has 0 aliphatic heterocycles. The fraction of sp³-hybridized carbons (Fsp3) is 0.562. The molecular formula is C16H24N2O2. The third-order valence-corrected chi connectivity index (χ3v) is 3.78. The molecule has 0 heterocycles. The van der Waals surface area contributed by atoms with Crippen molar-refractivity contribution in [3.8, 4) is 5.75 Å². The van der Waals surface area contributed by atoms with Crippen LogP contribution in [0.15, 0.2) is 24.3 Å². The summed E-state index contributed by atoms with van der Waals surface area (Å²) in [5.74, 6) is 1.35. The van der Waals surface area contributed by atoms with Crippen LogP contribution in [0.3, 0.4) is 0 Å². The van der Waals surface area contributed by atoms with Gasteiger partial charge in [0.15, 0.2) is 0 Å². The molecule has 0 saturated heterocycles. The first-order chi connectivity index (χ1) is 9.67. The van der Waals surface area contributed by atoms with E-state index in [2.05, 4.69) is 6.92 Å². The Bertz CT molecular complexity index is 458. The number of amides is 1. The number of likely N-dealkylation sites (N-methyl/N-ethyl adjacent to an activating group) is 1. The number of carbonyl (C=O) groups is 1. The lowest BCUT2D eigenvalue weighted by atomic mass is 10.1. The van der Waals surface area contributed by atoms with Gasteiger partial charge in [-0.05, 0) is 43.4 Å². The average molecular weight is 276 g/mol. The number of hydrogen-bond donors (Lipinski definition) is 1. The first kappa shape index (κ1) is 14.9. The molecule has 20 heavy (non-hydrogen) atoms. The molecule has 1 amide bonds. The van der Waals surface area contributed by atoms with E-state index in [9.17, 15) is 4.79 Å². The molecule has 4 nitrogen and oxygen atoms in total. The van der Waals surface area contributed by atoms with Crippen molar-refractivity contribution in [1.82, 2.24) is 4.90 Å². The normalized spacial score (nSPS) is 15.8. The lowest BCUT2D eigenvalue weighted by Gasteiger charge is -2.27. The summed E-state index contributed by atoms with van der Waals surface area (Å²) in [7, 11) is 1.84. The highest BCUT2D eigenvalue weighted by Gasteiger charge is 2.35. The molecule has 0 aromatic heterocycles. The van der Waals surface area contributed by atoms with Crippen LogP contribution >= 0.6 is 0 Å². The standard InChI is InChI=1S/C16H24N2O2/c1-3-9-20-14-6-4-5-13(10-14)16(19)18(2)15(11-17)12-7-8-12/h4-6,10,12,15H,3,7-9,11,17H2,1-2H3. The zero-order valence-corrected chi connectivity index (χ0v) is 12.3. The first-order valence-corrected chi connectivity index (χ1v) is 7.37. The molecule has 1 fully saturated rings. The summed E-state index contributed by atoms with van der Waals surface area (Å²) in [6, 6.07) is 7.55. The van der Waals surface area contributed by atoms with Gasteiger partial charge < -0.3 is 15.4 Å². The van der Waals surface area contributed by atoms with Crippen LogP contribution in [0, 0.1) is 5.92 Å². The maximum absolute atomic E-state index is 12.5. The second-order valence-corrected chi connectivity index (χ2v) is 5.43. The van der Waals surface area contributed by atoms with E-state index in [4.69, 9.17) is 10.5 Å². The summed E-state index contributed by atoms with van der Waals surface area (Å²) in [6.45, 7) is 3.25. The van der Waals surface area contributed by atoms with E-state index < -0.39 is 0 Å². The van der Waals surface area contributed by atoms with Gasteiger partial charge in [-0.25, -0.2) is 0 Å². The van der Waals surface area contributed by atoms with Crippen LogP contribution in [0.1, 0.15) is 36.5 Å². The molecule has 4 heteroatoms. The molecule has 2 rings (SSSR count). The van der Waals surface area contributed by atoms with Crippen molar-refractivity contribution in [2.24, 2.45) is 11.7 Å². The molecule has 2 N–H and O–H groups in total. The topological polar surface area (TPSA) is 55.6 Å². The van der Waals surface area contributed by atoms with E-state index in [-0.39, 0.29) is 11.9 Å². The summed E-state index contributed by atoms with van der Waals surface area (Å²) < 4.78 is 5.58. The van der Waals surface area contributed by atoms with Crippen LogP contribution in [0.2, 0.25) is 0 Å². The van der Waals surface area contributed by atoms with Gasteiger partial charge in [-0.2, -0.15) is 0 Å². The molecule has 1 aliphatic carbocycles. The Morgan fingerprint density at radius 1 is 1.50 bits per heavy atom. The Hall–Kier alpha value is -1.55. The minimum Gasteiger partial charge on any atom is -0.494 e. The molecule has 0 bridgehead atoms.